The zero-order chi connectivity index (χ0) is 12.1. The maximum atomic E-state index is 4.26. The fourth-order valence-corrected chi connectivity index (χ4v) is 1.70. The quantitative estimate of drug-likeness (QED) is 0.854. The van der Waals surface area contributed by atoms with Gasteiger partial charge in [-0.2, -0.15) is 5.10 Å². The van der Waals surface area contributed by atoms with E-state index in [-0.39, 0.29) is 0 Å². The molecule has 0 radical (unpaired) electrons. The van der Waals surface area contributed by atoms with E-state index in [0.29, 0.717) is 12.1 Å². The van der Waals surface area contributed by atoms with Gasteiger partial charge < -0.3 is 5.32 Å². The fourth-order valence-electron chi connectivity index (χ4n) is 1.70. The molecular weight excluding hydrogens is 212 g/mol. The summed E-state index contributed by atoms with van der Waals surface area (Å²) >= 11 is 0. The monoisotopic (exact) mass is 230 g/mol. The van der Waals surface area contributed by atoms with Crippen LogP contribution in [0.5, 0.6) is 0 Å². The van der Waals surface area contributed by atoms with Gasteiger partial charge in [0.25, 0.3) is 0 Å². The molecule has 2 atom stereocenters. The maximum Gasteiger partial charge on any atom is 0.0641 e. The first-order chi connectivity index (χ1) is 8.27. The van der Waals surface area contributed by atoms with Crippen LogP contribution in [-0.2, 0) is 6.54 Å². The van der Waals surface area contributed by atoms with Crippen molar-refractivity contribution in [2.24, 2.45) is 0 Å². The molecule has 2 aromatic rings. The molecule has 4 heteroatoms. The third-order valence-electron chi connectivity index (χ3n) is 3.04. The van der Waals surface area contributed by atoms with Crippen LogP contribution in [0.4, 0.5) is 0 Å². The van der Waals surface area contributed by atoms with Crippen molar-refractivity contribution in [3.63, 3.8) is 0 Å². The largest absolute Gasteiger partial charge is 0.308 e. The number of nitrogens with one attached hydrogen (secondary N) is 1. The predicted octanol–water partition coefficient (Wildman–Crippen LogP) is 2.02. The van der Waals surface area contributed by atoms with E-state index in [1.165, 1.54) is 5.56 Å². The van der Waals surface area contributed by atoms with Gasteiger partial charge in [0.05, 0.1) is 6.04 Å². The molecule has 0 spiro atoms. The Labute approximate surface area is 102 Å². The summed E-state index contributed by atoms with van der Waals surface area (Å²) in [5.41, 5.74) is 1.25. The Balaban J connectivity index is 1.87. The van der Waals surface area contributed by atoms with Gasteiger partial charge in [0.1, 0.15) is 0 Å². The lowest BCUT2D eigenvalue weighted by Crippen LogP contribution is -2.33. The number of hydrogen-bond acceptors (Lipinski definition) is 3. The molecular formula is C13H18N4. The molecule has 0 aliphatic heterocycles. The highest BCUT2D eigenvalue weighted by molar-refractivity contribution is 5.09. The lowest BCUT2D eigenvalue weighted by Gasteiger charge is -2.21. The number of pyridine rings is 1. The Hall–Kier alpha value is -1.68. The van der Waals surface area contributed by atoms with E-state index < -0.39 is 0 Å². The Morgan fingerprint density at radius 3 is 2.65 bits per heavy atom. The van der Waals surface area contributed by atoms with Crippen molar-refractivity contribution in [1.82, 2.24) is 20.1 Å². The molecule has 0 bridgehead atoms. The van der Waals surface area contributed by atoms with E-state index >= 15 is 0 Å². The fraction of sp³-hybridized carbons (Fsp3) is 0.385. The molecule has 17 heavy (non-hydrogen) atoms. The standard InChI is InChI=1S/C13H18N4/c1-11(12(2)17-9-3-6-16-17)15-10-13-4-7-14-8-5-13/h3-9,11-12,15H,10H2,1-2H3/t11-,12-/m0/s1. The Morgan fingerprint density at radius 1 is 1.24 bits per heavy atom. The van der Waals surface area contributed by atoms with Crippen LogP contribution in [0.2, 0.25) is 0 Å². The van der Waals surface area contributed by atoms with E-state index in [2.05, 4.69) is 29.2 Å². The molecule has 0 aromatic carbocycles. The van der Waals surface area contributed by atoms with Crippen molar-refractivity contribution in [3.8, 4) is 0 Å². The van der Waals surface area contributed by atoms with Gasteiger partial charge in [-0.1, -0.05) is 0 Å². The van der Waals surface area contributed by atoms with E-state index in [1.54, 1.807) is 0 Å². The summed E-state index contributed by atoms with van der Waals surface area (Å²) in [6, 6.07) is 6.71. The minimum Gasteiger partial charge on any atom is -0.308 e. The van der Waals surface area contributed by atoms with Gasteiger partial charge in [0.15, 0.2) is 0 Å². The van der Waals surface area contributed by atoms with Crippen molar-refractivity contribution >= 4 is 0 Å². The molecule has 2 rings (SSSR count). The molecule has 4 nitrogen and oxygen atoms in total. The Bertz CT molecular complexity index is 424. The van der Waals surface area contributed by atoms with E-state index in [0.717, 1.165) is 6.54 Å². The van der Waals surface area contributed by atoms with Gasteiger partial charge in [-0.15, -0.1) is 0 Å². The van der Waals surface area contributed by atoms with Crippen LogP contribution < -0.4 is 5.32 Å². The highest BCUT2D eigenvalue weighted by Crippen LogP contribution is 2.09. The molecule has 0 saturated heterocycles. The van der Waals surface area contributed by atoms with Crippen molar-refractivity contribution < 1.29 is 0 Å². The summed E-state index contributed by atoms with van der Waals surface area (Å²) in [6.45, 7) is 5.19. The third-order valence-corrected chi connectivity index (χ3v) is 3.04. The van der Waals surface area contributed by atoms with E-state index in [4.69, 9.17) is 0 Å². The minimum atomic E-state index is 0.340. The van der Waals surface area contributed by atoms with E-state index in [9.17, 15) is 0 Å². The molecule has 0 fully saturated rings. The molecule has 0 aliphatic carbocycles. The SMILES string of the molecule is C[C@H](NCc1ccncc1)[C@H](C)n1cccn1. The van der Waals surface area contributed by atoms with Gasteiger partial charge in [-0.25, -0.2) is 0 Å². The summed E-state index contributed by atoms with van der Waals surface area (Å²) in [6.07, 6.45) is 7.44. The number of aromatic nitrogens is 3. The molecule has 0 unspecified atom stereocenters. The van der Waals surface area contributed by atoms with Crippen molar-refractivity contribution in [1.29, 1.82) is 0 Å². The molecule has 0 amide bonds. The summed E-state index contributed by atoms with van der Waals surface area (Å²) in [5, 5.41) is 7.76. The van der Waals surface area contributed by atoms with Crippen molar-refractivity contribution in [2.45, 2.75) is 32.5 Å². The number of rotatable bonds is 5. The number of hydrogen-bond donors (Lipinski definition) is 1. The zero-order valence-corrected chi connectivity index (χ0v) is 10.2. The van der Waals surface area contributed by atoms with Crippen molar-refractivity contribution in [3.05, 3.63) is 48.5 Å². The van der Waals surface area contributed by atoms with Crippen molar-refractivity contribution in [2.75, 3.05) is 0 Å². The minimum absolute atomic E-state index is 0.340. The van der Waals surface area contributed by atoms with Gasteiger partial charge >= 0.3 is 0 Å². The zero-order valence-electron chi connectivity index (χ0n) is 10.2. The normalized spacial score (nSPS) is 14.5. The second-order valence-electron chi connectivity index (χ2n) is 4.25. The molecule has 0 saturated carbocycles. The number of nitrogens with zero attached hydrogens (tertiary/aromatic N) is 3. The molecule has 0 aliphatic rings. The lowest BCUT2D eigenvalue weighted by molar-refractivity contribution is 0.365. The van der Waals surface area contributed by atoms with Gasteiger partial charge in [-0.3, -0.25) is 9.67 Å². The summed E-state index contributed by atoms with van der Waals surface area (Å²) in [5.74, 6) is 0. The second-order valence-corrected chi connectivity index (χ2v) is 4.25. The summed E-state index contributed by atoms with van der Waals surface area (Å²) in [7, 11) is 0. The van der Waals surface area contributed by atoms with Crippen LogP contribution >= 0.6 is 0 Å². The average molecular weight is 230 g/mol. The first-order valence-electron chi connectivity index (χ1n) is 5.89. The highest BCUT2D eigenvalue weighted by Gasteiger charge is 2.13. The molecule has 2 heterocycles. The van der Waals surface area contributed by atoms with E-state index in [1.807, 2.05) is 47.7 Å². The van der Waals surface area contributed by atoms with Crippen LogP contribution in [0, 0.1) is 0 Å². The highest BCUT2D eigenvalue weighted by atomic mass is 15.3. The van der Waals surface area contributed by atoms with Crippen LogP contribution in [0.3, 0.4) is 0 Å². The summed E-state index contributed by atoms with van der Waals surface area (Å²) in [4.78, 5) is 4.01. The average Bonchev–Trinajstić information content (AvgIpc) is 2.90. The molecule has 1 N–H and O–H groups in total. The Morgan fingerprint density at radius 2 is 2.00 bits per heavy atom. The topological polar surface area (TPSA) is 42.7 Å². The van der Waals surface area contributed by atoms with Gasteiger partial charge in [0.2, 0.25) is 0 Å². The van der Waals surface area contributed by atoms with Gasteiger partial charge in [-0.05, 0) is 37.6 Å². The van der Waals surface area contributed by atoms with Crippen LogP contribution in [0.15, 0.2) is 43.0 Å². The molecule has 90 valence electrons. The first-order valence-corrected chi connectivity index (χ1v) is 5.89. The van der Waals surface area contributed by atoms with Crippen LogP contribution in [0.25, 0.3) is 0 Å². The predicted molar refractivity (Wildman–Crippen MR) is 67.5 cm³/mol. The van der Waals surface area contributed by atoms with Crippen LogP contribution in [0.1, 0.15) is 25.5 Å². The van der Waals surface area contributed by atoms with Gasteiger partial charge in [0, 0.05) is 37.4 Å². The molecule has 2 aromatic heterocycles. The maximum absolute atomic E-state index is 4.26. The third kappa shape index (κ3) is 3.14. The Kier molecular flexibility index (Phi) is 3.88. The first kappa shape index (κ1) is 11.8. The lowest BCUT2D eigenvalue weighted by atomic mass is 10.1. The second kappa shape index (κ2) is 5.59. The van der Waals surface area contributed by atoms with Crippen LogP contribution in [-0.4, -0.2) is 20.8 Å². The smallest absolute Gasteiger partial charge is 0.0641 e. The summed E-state index contributed by atoms with van der Waals surface area (Å²) < 4.78 is 1.98.